The van der Waals surface area contributed by atoms with Crippen molar-refractivity contribution in [1.82, 2.24) is 4.90 Å². The van der Waals surface area contributed by atoms with Crippen molar-refractivity contribution >= 4 is 12.0 Å². The van der Waals surface area contributed by atoms with Gasteiger partial charge in [0.15, 0.2) is 0 Å². The maximum Gasteiger partial charge on any atom is 0.405 e. The Hall–Kier alpha value is -1.26. The van der Waals surface area contributed by atoms with Gasteiger partial charge in [0.1, 0.15) is 5.60 Å². The van der Waals surface area contributed by atoms with Gasteiger partial charge in [-0.1, -0.05) is 0 Å². The number of nitrogens with zero attached hydrogens (tertiary/aromatic N) is 1. The first-order valence-corrected chi connectivity index (χ1v) is 4.67. The molecule has 80 valence electrons. The van der Waals surface area contributed by atoms with Crippen molar-refractivity contribution in [2.24, 2.45) is 5.73 Å². The van der Waals surface area contributed by atoms with Gasteiger partial charge in [-0.25, -0.2) is 4.79 Å². The van der Waals surface area contributed by atoms with Crippen molar-refractivity contribution in [3.05, 3.63) is 0 Å². The van der Waals surface area contributed by atoms with Crippen molar-refractivity contribution in [2.75, 3.05) is 13.1 Å². The molecule has 0 radical (unpaired) electrons. The number of carbonyl (C=O) groups is 2. The van der Waals surface area contributed by atoms with E-state index in [1.54, 1.807) is 4.90 Å². The maximum absolute atomic E-state index is 11.0. The zero-order valence-electron chi connectivity index (χ0n) is 8.58. The van der Waals surface area contributed by atoms with Gasteiger partial charge in [-0.15, -0.1) is 0 Å². The number of primary amides is 1. The zero-order chi connectivity index (χ0) is 10.8. The number of carbonyl (C=O) groups excluding carboxylic acids is 2. The van der Waals surface area contributed by atoms with Gasteiger partial charge in [-0.05, 0) is 6.92 Å². The maximum atomic E-state index is 11.0. The summed E-state index contributed by atoms with van der Waals surface area (Å²) in [6.07, 6.45) is 0.550. The quantitative estimate of drug-likeness (QED) is 0.669. The summed E-state index contributed by atoms with van der Waals surface area (Å²) in [5.74, 6) is 0.0612. The van der Waals surface area contributed by atoms with Crippen LogP contribution in [0.3, 0.4) is 0 Å². The highest BCUT2D eigenvalue weighted by atomic mass is 16.6. The SMILES string of the molecule is CC(=O)N1CCC(C)(OC(N)=O)CC1. The summed E-state index contributed by atoms with van der Waals surface area (Å²) < 4.78 is 5.01. The predicted octanol–water partition coefficient (Wildman–Crippen LogP) is 0.483. The topological polar surface area (TPSA) is 72.6 Å². The molecule has 0 unspecified atom stereocenters. The predicted molar refractivity (Wildman–Crippen MR) is 50.6 cm³/mol. The van der Waals surface area contributed by atoms with Crippen LogP contribution in [-0.4, -0.2) is 35.6 Å². The molecule has 1 saturated heterocycles. The van der Waals surface area contributed by atoms with E-state index < -0.39 is 11.7 Å². The average Bonchev–Trinajstić information content (AvgIpc) is 2.02. The summed E-state index contributed by atoms with van der Waals surface area (Å²) in [6, 6.07) is 0. The first-order chi connectivity index (χ1) is 6.43. The third kappa shape index (κ3) is 2.61. The van der Waals surface area contributed by atoms with Crippen LogP contribution in [0, 0.1) is 0 Å². The lowest BCUT2D eigenvalue weighted by Gasteiger charge is -2.37. The van der Waals surface area contributed by atoms with Crippen molar-refractivity contribution in [3.63, 3.8) is 0 Å². The fraction of sp³-hybridized carbons (Fsp3) is 0.778. The molecule has 1 fully saturated rings. The van der Waals surface area contributed by atoms with Crippen LogP contribution in [0.15, 0.2) is 0 Å². The Labute approximate surface area is 83.2 Å². The smallest absolute Gasteiger partial charge is 0.405 e. The molecule has 0 saturated carbocycles. The van der Waals surface area contributed by atoms with Gasteiger partial charge in [0, 0.05) is 32.9 Å². The molecule has 0 aliphatic carbocycles. The van der Waals surface area contributed by atoms with Crippen molar-refractivity contribution in [1.29, 1.82) is 0 Å². The molecule has 1 aliphatic rings. The van der Waals surface area contributed by atoms with Gasteiger partial charge in [0.2, 0.25) is 5.91 Å². The molecular weight excluding hydrogens is 184 g/mol. The van der Waals surface area contributed by atoms with Gasteiger partial charge in [-0.3, -0.25) is 4.79 Å². The van der Waals surface area contributed by atoms with Crippen LogP contribution >= 0.6 is 0 Å². The monoisotopic (exact) mass is 200 g/mol. The third-order valence-electron chi connectivity index (χ3n) is 2.61. The molecule has 1 aliphatic heterocycles. The molecule has 14 heavy (non-hydrogen) atoms. The van der Waals surface area contributed by atoms with Crippen molar-refractivity contribution < 1.29 is 14.3 Å². The van der Waals surface area contributed by atoms with E-state index in [0.29, 0.717) is 25.9 Å². The van der Waals surface area contributed by atoms with Crippen molar-refractivity contribution in [2.45, 2.75) is 32.3 Å². The molecule has 2 amide bonds. The molecule has 5 heteroatoms. The lowest BCUT2D eigenvalue weighted by molar-refractivity contribution is -0.132. The summed E-state index contributed by atoms with van der Waals surface area (Å²) in [5.41, 5.74) is 4.46. The first kappa shape index (κ1) is 10.8. The molecule has 0 aromatic carbocycles. The number of nitrogens with two attached hydrogens (primary N) is 1. The highest BCUT2D eigenvalue weighted by Crippen LogP contribution is 2.25. The van der Waals surface area contributed by atoms with E-state index in [1.807, 2.05) is 6.92 Å². The molecule has 2 N–H and O–H groups in total. The minimum Gasteiger partial charge on any atom is -0.443 e. The van der Waals surface area contributed by atoms with E-state index in [4.69, 9.17) is 10.5 Å². The van der Waals surface area contributed by atoms with E-state index in [0.717, 1.165) is 0 Å². The summed E-state index contributed by atoms with van der Waals surface area (Å²) in [4.78, 5) is 23.4. The lowest BCUT2D eigenvalue weighted by Crippen LogP contribution is -2.47. The highest BCUT2D eigenvalue weighted by Gasteiger charge is 2.33. The number of ether oxygens (including phenoxy) is 1. The van der Waals surface area contributed by atoms with Crippen molar-refractivity contribution in [3.8, 4) is 0 Å². The lowest BCUT2D eigenvalue weighted by atomic mass is 9.93. The molecule has 0 bridgehead atoms. The Morgan fingerprint density at radius 3 is 2.21 bits per heavy atom. The fourth-order valence-corrected chi connectivity index (χ4v) is 1.64. The standard InChI is InChI=1S/C9H16N2O3/c1-7(12)11-5-3-9(2,4-6-11)14-8(10)13/h3-6H2,1-2H3,(H2,10,13). The van der Waals surface area contributed by atoms with Crippen LogP contribution in [0.2, 0.25) is 0 Å². The van der Waals surface area contributed by atoms with Gasteiger partial charge >= 0.3 is 6.09 Å². The number of piperidine rings is 1. The first-order valence-electron chi connectivity index (χ1n) is 4.67. The van der Waals surface area contributed by atoms with E-state index in [2.05, 4.69) is 0 Å². The number of likely N-dealkylation sites (tertiary alicyclic amines) is 1. The van der Waals surface area contributed by atoms with Crippen LogP contribution in [-0.2, 0) is 9.53 Å². The molecule has 1 heterocycles. The molecule has 1 rings (SSSR count). The Balaban J connectivity index is 2.48. The Morgan fingerprint density at radius 2 is 1.86 bits per heavy atom. The fourth-order valence-electron chi connectivity index (χ4n) is 1.64. The molecule has 0 atom stereocenters. The number of hydrogen-bond donors (Lipinski definition) is 1. The zero-order valence-corrected chi connectivity index (χ0v) is 8.58. The largest absolute Gasteiger partial charge is 0.443 e. The number of amides is 2. The summed E-state index contributed by atoms with van der Waals surface area (Å²) in [6.45, 7) is 4.63. The summed E-state index contributed by atoms with van der Waals surface area (Å²) in [7, 11) is 0. The molecular formula is C9H16N2O3. The van der Waals surface area contributed by atoms with E-state index in [9.17, 15) is 9.59 Å². The molecule has 5 nitrogen and oxygen atoms in total. The number of rotatable bonds is 1. The van der Waals surface area contributed by atoms with E-state index in [1.165, 1.54) is 6.92 Å². The minimum atomic E-state index is -0.747. The Morgan fingerprint density at radius 1 is 1.36 bits per heavy atom. The van der Waals surface area contributed by atoms with Gasteiger partial charge in [-0.2, -0.15) is 0 Å². The van der Waals surface area contributed by atoms with Crippen LogP contribution in [0.4, 0.5) is 4.79 Å². The van der Waals surface area contributed by atoms with Gasteiger partial charge in [0.05, 0.1) is 0 Å². The minimum absolute atomic E-state index is 0.0612. The van der Waals surface area contributed by atoms with Crippen LogP contribution in [0.25, 0.3) is 0 Å². The second-order valence-electron chi connectivity index (χ2n) is 3.88. The number of hydrogen-bond acceptors (Lipinski definition) is 3. The van der Waals surface area contributed by atoms with E-state index >= 15 is 0 Å². The van der Waals surface area contributed by atoms with E-state index in [-0.39, 0.29) is 5.91 Å². The Bertz CT molecular complexity index is 244. The van der Waals surface area contributed by atoms with Crippen LogP contribution in [0.5, 0.6) is 0 Å². The highest BCUT2D eigenvalue weighted by molar-refractivity contribution is 5.73. The second-order valence-corrected chi connectivity index (χ2v) is 3.88. The normalized spacial score (nSPS) is 20.3. The van der Waals surface area contributed by atoms with Crippen LogP contribution in [0.1, 0.15) is 26.7 Å². The second kappa shape index (κ2) is 3.86. The average molecular weight is 200 g/mol. The van der Waals surface area contributed by atoms with Gasteiger partial charge < -0.3 is 15.4 Å². The Kier molecular flexibility index (Phi) is 2.98. The third-order valence-corrected chi connectivity index (χ3v) is 2.61. The molecule has 0 aromatic heterocycles. The van der Waals surface area contributed by atoms with Crippen LogP contribution < -0.4 is 5.73 Å². The summed E-state index contributed by atoms with van der Waals surface area (Å²) in [5, 5.41) is 0. The van der Waals surface area contributed by atoms with Gasteiger partial charge in [0.25, 0.3) is 0 Å². The molecule has 0 aromatic rings. The summed E-state index contributed by atoms with van der Waals surface area (Å²) >= 11 is 0. The molecule has 0 spiro atoms.